The molecule has 0 amide bonds. The number of thiazole rings is 1. The van der Waals surface area contributed by atoms with Crippen LogP contribution in [0, 0.1) is 9.39 Å². The maximum absolute atomic E-state index is 15.1. The molecular weight excluding hydrogens is 670 g/mol. The first-order valence-electron chi connectivity index (χ1n) is 13.8. The number of para-hydroxylation sites is 3. The third kappa shape index (κ3) is 5.00. The Morgan fingerprint density at radius 3 is 2.47 bits per heavy atom. The smallest absolute Gasteiger partial charge is 0.143 e. The van der Waals surface area contributed by atoms with E-state index < -0.39 is 0 Å². The summed E-state index contributed by atoms with van der Waals surface area (Å²) in [6, 6.07) is 28.6. The Bertz CT molecular complexity index is 2230. The summed E-state index contributed by atoms with van der Waals surface area (Å²) in [5.41, 5.74) is 6.53. The molecule has 7 aromatic rings. The van der Waals surface area contributed by atoms with Gasteiger partial charge >= 0.3 is 0 Å². The van der Waals surface area contributed by atoms with Crippen molar-refractivity contribution in [2.75, 3.05) is 0 Å². The van der Waals surface area contributed by atoms with Crippen molar-refractivity contribution in [2.24, 2.45) is 4.99 Å². The fourth-order valence-corrected chi connectivity index (χ4v) is 7.17. The maximum atomic E-state index is 15.1. The number of hydrogen-bond acceptors (Lipinski definition) is 5. The molecule has 4 nitrogen and oxygen atoms in total. The van der Waals surface area contributed by atoms with Gasteiger partial charge in [-0.1, -0.05) is 69.3 Å². The monoisotopic (exact) mass is 696 g/mol. The summed E-state index contributed by atoms with van der Waals surface area (Å²) in [6.45, 7) is 6.23. The molecule has 1 N–H and O–H groups in total. The molecule has 0 bridgehead atoms. The van der Waals surface area contributed by atoms with Crippen LogP contribution in [0.25, 0.3) is 53.9 Å². The number of rotatable bonds is 4. The summed E-state index contributed by atoms with van der Waals surface area (Å²) >= 11 is 3.69. The van der Waals surface area contributed by atoms with Crippen LogP contribution < -0.4 is 0 Å². The van der Waals surface area contributed by atoms with Gasteiger partial charge in [-0.05, 0) is 70.5 Å². The number of hydrogen-bond donors (Lipinski definition) is 1. The largest absolute Gasteiger partial charge is 0.507 e. The minimum atomic E-state index is -0.332. The summed E-state index contributed by atoms with van der Waals surface area (Å²) in [5.74, 6) is -0.102. The second-order valence-corrected chi connectivity index (χ2v) is 13.8. The van der Waals surface area contributed by atoms with Gasteiger partial charge in [0.15, 0.2) is 0 Å². The summed E-state index contributed by atoms with van der Waals surface area (Å²) in [4.78, 5) is 9.84. The number of benzene rings is 5. The van der Waals surface area contributed by atoms with E-state index in [0.717, 1.165) is 46.3 Å². The quantitative estimate of drug-likeness (QED) is 0.147. The maximum Gasteiger partial charge on any atom is 0.143 e. The van der Waals surface area contributed by atoms with Gasteiger partial charge in [0.2, 0.25) is 0 Å². The topological polar surface area (TPSA) is 58.6 Å². The fraction of sp³-hybridized carbons (Fsp3) is 0.111. The number of halogens is 2. The lowest BCUT2D eigenvalue weighted by atomic mass is 9.85. The Kier molecular flexibility index (Phi) is 6.82. The molecule has 0 aliphatic rings. The minimum absolute atomic E-state index is 0.216. The van der Waals surface area contributed by atoms with E-state index in [0.29, 0.717) is 27.9 Å². The van der Waals surface area contributed by atoms with Crippen LogP contribution in [0.4, 0.5) is 10.1 Å². The number of furan rings is 1. The van der Waals surface area contributed by atoms with Gasteiger partial charge in [0.25, 0.3) is 0 Å². The van der Waals surface area contributed by atoms with Crippen molar-refractivity contribution < 1.29 is 13.9 Å². The van der Waals surface area contributed by atoms with Crippen molar-refractivity contribution in [3.63, 3.8) is 0 Å². The summed E-state index contributed by atoms with van der Waals surface area (Å²) in [6.07, 6.45) is 1.70. The van der Waals surface area contributed by atoms with Crippen molar-refractivity contribution in [3.05, 3.63) is 112 Å². The van der Waals surface area contributed by atoms with Crippen LogP contribution in [-0.2, 0) is 5.41 Å². The van der Waals surface area contributed by atoms with Gasteiger partial charge in [-0.3, -0.25) is 4.99 Å². The number of phenols is 1. The Balaban J connectivity index is 1.35. The highest BCUT2D eigenvalue weighted by Crippen LogP contribution is 2.43. The highest BCUT2D eigenvalue weighted by Gasteiger charge is 2.21. The van der Waals surface area contributed by atoms with Gasteiger partial charge in [0.05, 0.1) is 15.9 Å². The van der Waals surface area contributed by atoms with Crippen LogP contribution in [0.1, 0.15) is 31.9 Å². The first-order valence-corrected chi connectivity index (χ1v) is 15.7. The van der Waals surface area contributed by atoms with E-state index in [2.05, 4.69) is 43.4 Å². The standard InChI is InChI=1S/C36H26FIN2O2S/c1-36(2,3)28-18-22(38)15-20(33(28)41)19-39-29-13-6-4-10-26(29)35-40-32-27(16-21(37)17-31(32)43-35)25-12-8-11-24-23-9-5-7-14-30(23)42-34(24)25/h4-19,41H,1-3H3. The molecule has 0 fully saturated rings. The minimum Gasteiger partial charge on any atom is -0.507 e. The van der Waals surface area contributed by atoms with Gasteiger partial charge in [-0.2, -0.15) is 0 Å². The van der Waals surface area contributed by atoms with Crippen LogP contribution in [-0.4, -0.2) is 16.3 Å². The molecule has 0 saturated carbocycles. The lowest BCUT2D eigenvalue weighted by Crippen LogP contribution is -2.12. The molecule has 0 aliphatic heterocycles. The fourth-order valence-electron chi connectivity index (χ4n) is 5.47. The molecule has 0 aliphatic carbocycles. The Labute approximate surface area is 265 Å². The highest BCUT2D eigenvalue weighted by atomic mass is 127. The second kappa shape index (κ2) is 10.6. The molecule has 2 aromatic heterocycles. The Morgan fingerprint density at radius 1 is 0.884 bits per heavy atom. The molecule has 0 radical (unpaired) electrons. The average Bonchev–Trinajstić information content (AvgIpc) is 3.58. The number of fused-ring (bicyclic) bond motifs is 4. The van der Waals surface area contributed by atoms with Crippen LogP contribution in [0.3, 0.4) is 0 Å². The van der Waals surface area contributed by atoms with E-state index >= 15 is 4.39 Å². The Morgan fingerprint density at radius 2 is 1.63 bits per heavy atom. The number of aliphatic imine (C=N–C) groups is 1. The van der Waals surface area contributed by atoms with E-state index in [1.807, 2.05) is 78.9 Å². The van der Waals surface area contributed by atoms with E-state index in [-0.39, 0.29) is 17.0 Å². The third-order valence-corrected chi connectivity index (χ3v) is 9.20. The van der Waals surface area contributed by atoms with Crippen molar-refractivity contribution in [2.45, 2.75) is 26.2 Å². The van der Waals surface area contributed by atoms with Gasteiger partial charge in [-0.15, -0.1) is 11.3 Å². The Hall–Kier alpha value is -4.08. The predicted molar refractivity (Wildman–Crippen MR) is 185 cm³/mol. The van der Waals surface area contributed by atoms with Crippen LogP contribution in [0.5, 0.6) is 5.75 Å². The molecule has 7 heteroatoms. The number of aromatic nitrogens is 1. The molecule has 7 rings (SSSR count). The van der Waals surface area contributed by atoms with Crippen molar-refractivity contribution in [1.29, 1.82) is 0 Å². The average molecular weight is 697 g/mol. The molecule has 212 valence electrons. The zero-order chi connectivity index (χ0) is 29.9. The number of aromatic hydroxyl groups is 1. The predicted octanol–water partition coefficient (Wildman–Crippen LogP) is 11.0. The molecule has 0 unspecified atom stereocenters. The van der Waals surface area contributed by atoms with Gasteiger partial charge < -0.3 is 9.52 Å². The van der Waals surface area contributed by atoms with E-state index in [4.69, 9.17) is 14.4 Å². The summed E-state index contributed by atoms with van der Waals surface area (Å²) in [7, 11) is 0. The van der Waals surface area contributed by atoms with Crippen molar-refractivity contribution in [1.82, 2.24) is 4.98 Å². The van der Waals surface area contributed by atoms with Crippen molar-refractivity contribution >= 4 is 78.0 Å². The molecule has 5 aromatic carbocycles. The number of nitrogens with zero attached hydrogens (tertiary/aromatic N) is 2. The zero-order valence-electron chi connectivity index (χ0n) is 23.7. The SMILES string of the molecule is CC(C)(C)c1cc(I)cc(C=Nc2ccccc2-c2nc3c(-c4cccc5c4oc4ccccc45)cc(F)cc3s2)c1O. The van der Waals surface area contributed by atoms with Crippen LogP contribution >= 0.6 is 33.9 Å². The lowest BCUT2D eigenvalue weighted by Gasteiger charge is -2.21. The highest BCUT2D eigenvalue weighted by molar-refractivity contribution is 14.1. The van der Waals surface area contributed by atoms with E-state index in [9.17, 15) is 5.11 Å². The first kappa shape index (κ1) is 27.7. The zero-order valence-corrected chi connectivity index (χ0v) is 26.6. The van der Waals surface area contributed by atoms with Gasteiger partial charge in [0.1, 0.15) is 27.7 Å². The molecule has 43 heavy (non-hydrogen) atoms. The summed E-state index contributed by atoms with van der Waals surface area (Å²) < 4.78 is 23.1. The molecular formula is C36H26FIN2O2S. The molecule has 0 atom stereocenters. The van der Waals surface area contributed by atoms with Gasteiger partial charge in [0, 0.05) is 48.4 Å². The number of phenolic OH excluding ortho intramolecular Hbond substituents is 1. The van der Waals surface area contributed by atoms with Crippen molar-refractivity contribution in [3.8, 4) is 27.4 Å². The summed E-state index contributed by atoms with van der Waals surface area (Å²) in [5, 5.41) is 13.8. The normalized spacial score (nSPS) is 12.3. The molecule has 2 heterocycles. The first-order chi connectivity index (χ1) is 20.7. The van der Waals surface area contributed by atoms with Crippen LogP contribution in [0.15, 0.2) is 100 Å². The van der Waals surface area contributed by atoms with Gasteiger partial charge in [-0.25, -0.2) is 9.37 Å². The third-order valence-electron chi connectivity index (χ3n) is 7.54. The molecule has 0 saturated heterocycles. The molecule has 0 spiro atoms. The van der Waals surface area contributed by atoms with E-state index in [1.165, 1.54) is 23.5 Å². The van der Waals surface area contributed by atoms with Crippen LogP contribution in [0.2, 0.25) is 0 Å². The lowest BCUT2D eigenvalue weighted by molar-refractivity contribution is 0.445. The second-order valence-electron chi connectivity index (χ2n) is 11.5. The van der Waals surface area contributed by atoms with E-state index in [1.54, 1.807) is 6.21 Å².